The Morgan fingerprint density at radius 1 is 1.09 bits per heavy atom. The first-order valence-electron chi connectivity index (χ1n) is 11.2. The predicted molar refractivity (Wildman–Crippen MR) is 121 cm³/mol. The molecule has 0 bridgehead atoms. The lowest BCUT2D eigenvalue weighted by molar-refractivity contribution is -0.290. The fourth-order valence-corrected chi connectivity index (χ4v) is 4.26. The van der Waals surface area contributed by atoms with Gasteiger partial charge in [0.1, 0.15) is 11.1 Å². The third-order valence-electron chi connectivity index (χ3n) is 5.21. The van der Waals surface area contributed by atoms with Gasteiger partial charge in [-0.3, -0.25) is 4.79 Å². The van der Waals surface area contributed by atoms with Crippen molar-refractivity contribution in [2.24, 2.45) is 5.92 Å². The number of ether oxygens (including phenoxy) is 1. The standard InChI is InChI=1S/C24H29F5O4S/c1-4-5-9-18-17-11-10-16(34-13-8-6-7-12-32-21(30)15(2)3)14-19(17)33-22(31)20(18)23(25,26)24(27,28)29/h10-11,14-15H,4-9,12-13H2,1-3H3. The lowest BCUT2D eigenvalue weighted by Crippen LogP contribution is -2.39. The highest BCUT2D eigenvalue weighted by molar-refractivity contribution is 7.99. The smallest absolute Gasteiger partial charge is 0.458 e. The van der Waals surface area contributed by atoms with Crippen molar-refractivity contribution in [2.45, 2.75) is 76.3 Å². The first-order valence-corrected chi connectivity index (χ1v) is 12.2. The molecule has 0 unspecified atom stereocenters. The van der Waals surface area contributed by atoms with E-state index in [1.807, 2.05) is 0 Å². The largest absolute Gasteiger partial charge is 0.465 e. The summed E-state index contributed by atoms with van der Waals surface area (Å²) in [5, 5.41) is 0.0864. The van der Waals surface area contributed by atoms with Crippen molar-refractivity contribution in [3.05, 3.63) is 39.7 Å². The van der Waals surface area contributed by atoms with Crippen LogP contribution in [-0.4, -0.2) is 24.5 Å². The van der Waals surface area contributed by atoms with E-state index in [0.717, 1.165) is 19.3 Å². The van der Waals surface area contributed by atoms with E-state index in [4.69, 9.17) is 9.15 Å². The van der Waals surface area contributed by atoms with Gasteiger partial charge in [0.15, 0.2) is 0 Å². The van der Waals surface area contributed by atoms with Gasteiger partial charge in [-0.2, -0.15) is 22.0 Å². The average molecular weight is 509 g/mol. The summed E-state index contributed by atoms with van der Waals surface area (Å²) in [6.07, 6.45) is -2.70. The zero-order valence-electron chi connectivity index (χ0n) is 19.4. The van der Waals surface area contributed by atoms with Gasteiger partial charge in [0.05, 0.1) is 12.5 Å². The van der Waals surface area contributed by atoms with Crippen molar-refractivity contribution < 1.29 is 35.9 Å². The number of esters is 1. The minimum absolute atomic E-state index is 0.0107. The topological polar surface area (TPSA) is 56.5 Å². The summed E-state index contributed by atoms with van der Waals surface area (Å²) in [5.74, 6) is -4.99. The fourth-order valence-electron chi connectivity index (χ4n) is 3.32. The molecule has 10 heteroatoms. The summed E-state index contributed by atoms with van der Waals surface area (Å²) in [6.45, 7) is 5.66. The molecule has 4 nitrogen and oxygen atoms in total. The highest BCUT2D eigenvalue weighted by atomic mass is 32.2. The molecule has 0 atom stereocenters. The third-order valence-corrected chi connectivity index (χ3v) is 6.29. The summed E-state index contributed by atoms with van der Waals surface area (Å²) in [7, 11) is 0. The van der Waals surface area contributed by atoms with Crippen LogP contribution < -0.4 is 5.63 Å². The Bertz CT molecular complexity index is 1030. The minimum Gasteiger partial charge on any atom is -0.465 e. The molecule has 0 aliphatic carbocycles. The van der Waals surface area contributed by atoms with Gasteiger partial charge in [0.2, 0.25) is 0 Å². The van der Waals surface area contributed by atoms with Gasteiger partial charge in [-0.25, -0.2) is 4.79 Å². The summed E-state index contributed by atoms with van der Waals surface area (Å²) < 4.78 is 77.5. The molecule has 0 spiro atoms. The molecule has 0 amide bonds. The van der Waals surface area contributed by atoms with Crippen LogP contribution in [0.2, 0.25) is 0 Å². The first-order chi connectivity index (χ1) is 15.9. The zero-order chi connectivity index (χ0) is 25.5. The number of aryl methyl sites for hydroxylation is 1. The van der Waals surface area contributed by atoms with Crippen molar-refractivity contribution in [2.75, 3.05) is 12.4 Å². The molecule has 1 aromatic heterocycles. The van der Waals surface area contributed by atoms with Crippen LogP contribution in [0.15, 0.2) is 32.3 Å². The number of benzene rings is 1. The summed E-state index contributed by atoms with van der Waals surface area (Å²) >= 11 is 1.45. The van der Waals surface area contributed by atoms with Crippen LogP contribution in [0.25, 0.3) is 11.0 Å². The number of rotatable bonds is 12. The van der Waals surface area contributed by atoms with E-state index < -0.39 is 23.3 Å². The molecular formula is C24H29F5O4S. The molecule has 1 aromatic carbocycles. The zero-order valence-corrected chi connectivity index (χ0v) is 20.2. The Morgan fingerprint density at radius 2 is 1.79 bits per heavy atom. The van der Waals surface area contributed by atoms with Crippen molar-refractivity contribution in [3.63, 3.8) is 0 Å². The molecule has 0 aliphatic heterocycles. The molecule has 1 heterocycles. The highest BCUT2D eigenvalue weighted by Crippen LogP contribution is 2.45. The molecule has 0 fully saturated rings. The van der Waals surface area contributed by atoms with E-state index in [1.54, 1.807) is 26.8 Å². The molecule has 190 valence electrons. The molecular weight excluding hydrogens is 479 g/mol. The molecule has 0 radical (unpaired) electrons. The van der Waals surface area contributed by atoms with Crippen molar-refractivity contribution in [1.82, 2.24) is 0 Å². The van der Waals surface area contributed by atoms with Gasteiger partial charge in [0.25, 0.3) is 0 Å². The fraction of sp³-hybridized carbons (Fsp3) is 0.583. The summed E-state index contributed by atoms with van der Waals surface area (Å²) in [4.78, 5) is 24.4. The molecule has 2 aromatic rings. The number of hydrogen-bond donors (Lipinski definition) is 0. The Balaban J connectivity index is 2.15. The Labute approximate surface area is 199 Å². The van der Waals surface area contributed by atoms with Crippen molar-refractivity contribution in [1.29, 1.82) is 0 Å². The normalized spacial score (nSPS) is 12.5. The lowest BCUT2D eigenvalue weighted by Gasteiger charge is -2.22. The third kappa shape index (κ3) is 6.96. The van der Waals surface area contributed by atoms with E-state index in [2.05, 4.69) is 0 Å². The second kappa shape index (κ2) is 12.0. The molecule has 0 saturated carbocycles. The molecule has 0 saturated heterocycles. The van der Waals surface area contributed by atoms with Crippen LogP contribution >= 0.6 is 11.8 Å². The van der Waals surface area contributed by atoms with Gasteiger partial charge in [0, 0.05) is 10.3 Å². The lowest BCUT2D eigenvalue weighted by atomic mass is 9.95. The number of alkyl halides is 5. The molecule has 34 heavy (non-hydrogen) atoms. The van der Waals surface area contributed by atoms with Crippen LogP contribution in [0.1, 0.15) is 64.0 Å². The van der Waals surface area contributed by atoms with Crippen LogP contribution in [0, 0.1) is 5.92 Å². The SMILES string of the molecule is CCCCc1c(C(F)(F)C(F)(F)F)c(=O)oc2cc(SCCCCCOC(=O)C(C)C)ccc12. The minimum atomic E-state index is -5.90. The number of thioether (sulfide) groups is 1. The first kappa shape index (κ1) is 28.1. The van der Waals surface area contributed by atoms with Crippen LogP contribution in [0.5, 0.6) is 0 Å². The number of carbonyl (C=O) groups is 1. The second-order valence-electron chi connectivity index (χ2n) is 8.31. The van der Waals surface area contributed by atoms with E-state index in [1.165, 1.54) is 23.9 Å². The van der Waals surface area contributed by atoms with E-state index >= 15 is 0 Å². The maximum Gasteiger partial charge on any atom is 0.458 e. The van der Waals surface area contributed by atoms with E-state index in [9.17, 15) is 31.5 Å². The molecule has 0 N–H and O–H groups in total. The quantitative estimate of drug-likeness (QED) is 0.0994. The van der Waals surface area contributed by atoms with Crippen molar-refractivity contribution >= 4 is 28.7 Å². The second-order valence-corrected chi connectivity index (χ2v) is 9.48. The number of unbranched alkanes of at least 4 members (excludes halogenated alkanes) is 3. The van der Waals surface area contributed by atoms with Gasteiger partial charge < -0.3 is 9.15 Å². The van der Waals surface area contributed by atoms with Gasteiger partial charge in [-0.1, -0.05) is 27.2 Å². The predicted octanol–water partition coefficient (Wildman–Crippen LogP) is 7.25. The van der Waals surface area contributed by atoms with E-state index in [-0.39, 0.29) is 34.8 Å². The van der Waals surface area contributed by atoms with E-state index in [0.29, 0.717) is 30.1 Å². The average Bonchev–Trinajstić information content (AvgIpc) is 2.74. The van der Waals surface area contributed by atoms with Crippen LogP contribution in [0.4, 0.5) is 22.0 Å². The van der Waals surface area contributed by atoms with Gasteiger partial charge in [-0.15, -0.1) is 11.8 Å². The Kier molecular flexibility index (Phi) is 9.96. The maximum atomic E-state index is 14.2. The van der Waals surface area contributed by atoms with Crippen LogP contribution in [0.3, 0.4) is 0 Å². The van der Waals surface area contributed by atoms with Crippen molar-refractivity contribution in [3.8, 4) is 0 Å². The highest BCUT2D eigenvalue weighted by Gasteiger charge is 2.61. The molecule has 2 rings (SSSR count). The summed E-state index contributed by atoms with van der Waals surface area (Å²) in [5.41, 5.74) is -3.62. The van der Waals surface area contributed by atoms with Gasteiger partial charge >= 0.3 is 23.7 Å². The van der Waals surface area contributed by atoms with Gasteiger partial charge in [-0.05, 0) is 61.6 Å². The monoisotopic (exact) mass is 508 g/mol. The number of carbonyl (C=O) groups excluding carboxylic acids is 1. The number of hydrogen-bond acceptors (Lipinski definition) is 5. The summed E-state index contributed by atoms with van der Waals surface area (Å²) in [6, 6.07) is 4.56. The Morgan fingerprint density at radius 3 is 2.41 bits per heavy atom. The Hall–Kier alpha value is -2.10. The molecule has 0 aliphatic rings. The van der Waals surface area contributed by atoms with Crippen LogP contribution in [-0.2, 0) is 21.9 Å². The maximum absolute atomic E-state index is 14.2. The number of fused-ring (bicyclic) bond motifs is 1. The number of halogens is 5.